The van der Waals surface area contributed by atoms with Gasteiger partial charge in [-0.3, -0.25) is 9.59 Å². The molecule has 1 atom stereocenters. The van der Waals surface area contributed by atoms with Crippen molar-refractivity contribution < 1.29 is 9.59 Å². The average molecular weight is 254 g/mol. The van der Waals surface area contributed by atoms with E-state index in [2.05, 4.69) is 0 Å². The summed E-state index contributed by atoms with van der Waals surface area (Å²) in [6.07, 6.45) is 0.875. The molecule has 0 bridgehead atoms. The highest BCUT2D eigenvalue weighted by atomic mass is 16.2. The van der Waals surface area contributed by atoms with Crippen molar-refractivity contribution in [2.75, 3.05) is 26.2 Å². The Morgan fingerprint density at radius 2 is 1.50 bits per heavy atom. The van der Waals surface area contributed by atoms with Crippen LogP contribution in [0.25, 0.3) is 0 Å². The van der Waals surface area contributed by atoms with Gasteiger partial charge in [0, 0.05) is 37.5 Å². The van der Waals surface area contributed by atoms with Crippen molar-refractivity contribution in [1.82, 2.24) is 9.80 Å². The molecule has 0 radical (unpaired) electrons. The molecule has 1 unspecified atom stereocenters. The molecule has 0 spiro atoms. The molecule has 0 aromatic heterocycles. The van der Waals surface area contributed by atoms with E-state index in [-0.39, 0.29) is 23.1 Å². The van der Waals surface area contributed by atoms with Gasteiger partial charge in [0.2, 0.25) is 11.8 Å². The first-order valence-electron chi connectivity index (χ1n) is 6.85. The quantitative estimate of drug-likeness (QED) is 0.753. The van der Waals surface area contributed by atoms with E-state index >= 15 is 0 Å². The minimum absolute atomic E-state index is 0.0925. The number of hydrogen-bond donors (Lipinski definition) is 0. The topological polar surface area (TPSA) is 40.6 Å². The Bertz CT molecular complexity index is 312. The molecule has 104 valence electrons. The van der Waals surface area contributed by atoms with Crippen molar-refractivity contribution in [2.45, 2.75) is 41.0 Å². The van der Waals surface area contributed by atoms with E-state index in [4.69, 9.17) is 0 Å². The Morgan fingerprint density at radius 3 is 1.89 bits per heavy atom. The van der Waals surface area contributed by atoms with Crippen LogP contribution < -0.4 is 0 Å². The number of piperazine rings is 1. The molecule has 0 N–H and O–H groups in total. The zero-order chi connectivity index (χ0) is 13.9. The normalized spacial score (nSPS) is 18.7. The van der Waals surface area contributed by atoms with Gasteiger partial charge in [-0.1, -0.05) is 34.6 Å². The minimum atomic E-state index is -0.330. The highest BCUT2D eigenvalue weighted by molar-refractivity contribution is 5.82. The first-order chi connectivity index (χ1) is 8.27. The van der Waals surface area contributed by atoms with Crippen molar-refractivity contribution in [3.8, 4) is 0 Å². The van der Waals surface area contributed by atoms with Gasteiger partial charge in [-0.25, -0.2) is 0 Å². The molecule has 2 amide bonds. The third-order valence-corrected chi connectivity index (χ3v) is 3.55. The Hall–Kier alpha value is -1.06. The predicted octanol–water partition coefficient (Wildman–Crippen LogP) is 1.75. The van der Waals surface area contributed by atoms with Gasteiger partial charge in [0.1, 0.15) is 0 Å². The molecule has 4 nitrogen and oxygen atoms in total. The molecule has 1 saturated heterocycles. The van der Waals surface area contributed by atoms with Gasteiger partial charge in [-0.2, -0.15) is 0 Å². The molecule has 0 aliphatic carbocycles. The second-order valence-electron chi connectivity index (χ2n) is 6.18. The van der Waals surface area contributed by atoms with Gasteiger partial charge in [-0.15, -0.1) is 0 Å². The molecule has 4 heteroatoms. The lowest BCUT2D eigenvalue weighted by Crippen LogP contribution is -2.53. The molecule has 0 aromatic carbocycles. The summed E-state index contributed by atoms with van der Waals surface area (Å²) in [7, 11) is 0. The van der Waals surface area contributed by atoms with E-state index in [0.29, 0.717) is 26.2 Å². The standard InChI is InChI=1S/C14H26N2O2/c1-6-11(2)12(17)15-7-9-16(10-8-15)13(18)14(3,4)5/h11H,6-10H2,1-5H3. The fraction of sp³-hybridized carbons (Fsp3) is 0.857. The Morgan fingerprint density at radius 1 is 1.06 bits per heavy atom. The number of carbonyl (C=O) groups is 2. The molecular formula is C14H26N2O2. The van der Waals surface area contributed by atoms with E-state index < -0.39 is 0 Å². The van der Waals surface area contributed by atoms with Gasteiger partial charge in [0.05, 0.1) is 0 Å². The summed E-state index contributed by atoms with van der Waals surface area (Å²) in [6.45, 7) is 12.5. The van der Waals surface area contributed by atoms with E-state index in [9.17, 15) is 9.59 Å². The Labute approximate surface area is 110 Å². The zero-order valence-corrected chi connectivity index (χ0v) is 12.3. The van der Waals surface area contributed by atoms with Gasteiger partial charge < -0.3 is 9.80 Å². The molecular weight excluding hydrogens is 228 g/mol. The smallest absolute Gasteiger partial charge is 0.228 e. The molecule has 1 rings (SSSR count). The largest absolute Gasteiger partial charge is 0.339 e. The molecule has 1 fully saturated rings. The highest BCUT2D eigenvalue weighted by Crippen LogP contribution is 2.19. The SMILES string of the molecule is CCC(C)C(=O)N1CCN(C(=O)C(C)(C)C)CC1. The van der Waals surface area contributed by atoms with Crippen molar-refractivity contribution in [3.63, 3.8) is 0 Å². The summed E-state index contributed by atoms with van der Waals surface area (Å²) < 4.78 is 0. The maximum absolute atomic E-state index is 12.1. The fourth-order valence-electron chi connectivity index (χ4n) is 2.09. The molecule has 0 saturated carbocycles. The first-order valence-corrected chi connectivity index (χ1v) is 6.85. The third-order valence-electron chi connectivity index (χ3n) is 3.55. The predicted molar refractivity (Wildman–Crippen MR) is 72.1 cm³/mol. The Balaban J connectivity index is 2.51. The molecule has 1 aliphatic heterocycles. The Kier molecular flexibility index (Phi) is 4.77. The summed E-state index contributed by atoms with van der Waals surface area (Å²) in [5, 5.41) is 0. The monoisotopic (exact) mass is 254 g/mol. The van der Waals surface area contributed by atoms with Crippen molar-refractivity contribution in [3.05, 3.63) is 0 Å². The number of amides is 2. The number of rotatable bonds is 2. The van der Waals surface area contributed by atoms with E-state index in [1.807, 2.05) is 44.4 Å². The molecule has 18 heavy (non-hydrogen) atoms. The maximum atomic E-state index is 12.1. The summed E-state index contributed by atoms with van der Waals surface area (Å²) in [5.41, 5.74) is -0.330. The van der Waals surface area contributed by atoms with Gasteiger partial charge >= 0.3 is 0 Å². The lowest BCUT2D eigenvalue weighted by atomic mass is 9.94. The minimum Gasteiger partial charge on any atom is -0.339 e. The summed E-state index contributed by atoms with van der Waals surface area (Å²) >= 11 is 0. The van der Waals surface area contributed by atoms with Gasteiger partial charge in [0.15, 0.2) is 0 Å². The van der Waals surface area contributed by atoms with E-state index in [1.54, 1.807) is 0 Å². The second kappa shape index (κ2) is 5.72. The first kappa shape index (κ1) is 15.0. The van der Waals surface area contributed by atoms with Crippen molar-refractivity contribution in [2.24, 2.45) is 11.3 Å². The zero-order valence-electron chi connectivity index (χ0n) is 12.3. The van der Waals surface area contributed by atoms with Crippen LogP contribution in [-0.4, -0.2) is 47.8 Å². The summed E-state index contributed by atoms with van der Waals surface area (Å²) in [5.74, 6) is 0.494. The van der Waals surface area contributed by atoms with E-state index in [0.717, 1.165) is 6.42 Å². The second-order valence-corrected chi connectivity index (χ2v) is 6.18. The molecule has 0 aromatic rings. The van der Waals surface area contributed by atoms with E-state index in [1.165, 1.54) is 0 Å². The van der Waals surface area contributed by atoms with Crippen LogP contribution in [0.1, 0.15) is 41.0 Å². The maximum Gasteiger partial charge on any atom is 0.228 e. The van der Waals surface area contributed by atoms with Gasteiger partial charge in [0.25, 0.3) is 0 Å². The van der Waals surface area contributed by atoms with Crippen LogP contribution in [0.2, 0.25) is 0 Å². The van der Waals surface area contributed by atoms with Crippen LogP contribution in [0.3, 0.4) is 0 Å². The third kappa shape index (κ3) is 3.47. The summed E-state index contributed by atoms with van der Waals surface area (Å²) in [4.78, 5) is 27.9. The lowest BCUT2D eigenvalue weighted by Gasteiger charge is -2.38. The van der Waals surface area contributed by atoms with Crippen molar-refractivity contribution in [1.29, 1.82) is 0 Å². The fourth-order valence-corrected chi connectivity index (χ4v) is 2.09. The van der Waals surface area contributed by atoms with Crippen LogP contribution >= 0.6 is 0 Å². The van der Waals surface area contributed by atoms with Crippen LogP contribution in [0, 0.1) is 11.3 Å². The number of hydrogen-bond acceptors (Lipinski definition) is 2. The summed E-state index contributed by atoms with van der Waals surface area (Å²) in [6, 6.07) is 0. The molecule has 1 aliphatic rings. The van der Waals surface area contributed by atoms with Crippen molar-refractivity contribution >= 4 is 11.8 Å². The molecule has 1 heterocycles. The van der Waals surface area contributed by atoms with Crippen LogP contribution in [0.15, 0.2) is 0 Å². The number of carbonyl (C=O) groups excluding carboxylic acids is 2. The highest BCUT2D eigenvalue weighted by Gasteiger charge is 2.31. The lowest BCUT2D eigenvalue weighted by molar-refractivity contribution is -0.146. The average Bonchev–Trinajstić information content (AvgIpc) is 2.35. The van der Waals surface area contributed by atoms with Gasteiger partial charge in [-0.05, 0) is 6.42 Å². The van der Waals surface area contributed by atoms with Crippen LogP contribution in [-0.2, 0) is 9.59 Å². The van der Waals surface area contributed by atoms with Crippen LogP contribution in [0.4, 0.5) is 0 Å². The van der Waals surface area contributed by atoms with Crippen LogP contribution in [0.5, 0.6) is 0 Å². The number of nitrogens with zero attached hydrogens (tertiary/aromatic N) is 2.